The lowest BCUT2D eigenvalue weighted by Gasteiger charge is -2.34. The summed E-state index contributed by atoms with van der Waals surface area (Å²) in [6.07, 6.45) is 8.07. The first-order chi connectivity index (χ1) is 19.0. The lowest BCUT2D eigenvalue weighted by Crippen LogP contribution is -2.48. The van der Waals surface area contributed by atoms with Gasteiger partial charge in [0.25, 0.3) is 11.9 Å². The third-order valence-corrected chi connectivity index (χ3v) is 6.73. The highest BCUT2D eigenvalue weighted by atomic mass is 16.5. The van der Waals surface area contributed by atoms with Crippen molar-refractivity contribution in [1.29, 1.82) is 0 Å². The number of hydrogen-bond acceptors (Lipinski definition) is 9. The standard InChI is InChI=1S/C29H39N7O3/c1-3-26-32-28(34-29(33-26)36-15-13-35(14-16-36)17-19-39-20-18-37)31-25-11-9-22(2)21-23(10-12-25)27(38)30-24-7-5-4-6-8-24/h4-8,10,12,21-22,37H,3,9,11,13-20H2,1-2H3,(H,30,38). The Morgan fingerprint density at radius 1 is 1.10 bits per heavy atom. The highest BCUT2D eigenvalue weighted by Gasteiger charge is 2.20. The van der Waals surface area contributed by atoms with Crippen molar-refractivity contribution in [2.45, 2.75) is 33.1 Å². The van der Waals surface area contributed by atoms with Crippen LogP contribution in [0.1, 0.15) is 32.5 Å². The van der Waals surface area contributed by atoms with Gasteiger partial charge in [0, 0.05) is 56.1 Å². The molecule has 1 aromatic carbocycles. The van der Waals surface area contributed by atoms with Crippen LogP contribution in [-0.4, -0.2) is 89.1 Å². The van der Waals surface area contributed by atoms with Crippen molar-refractivity contribution in [3.8, 4) is 0 Å². The molecule has 2 aromatic rings. The number of hydrogen-bond donors (Lipinski definition) is 2. The third kappa shape index (κ3) is 8.77. The normalized spacial score (nSPS) is 19.5. The minimum atomic E-state index is -0.139. The maximum absolute atomic E-state index is 12.9. The largest absolute Gasteiger partial charge is 0.394 e. The fraction of sp³-hybridized carbons (Fsp3) is 0.483. The van der Waals surface area contributed by atoms with E-state index in [2.05, 4.69) is 32.0 Å². The Kier molecular flexibility index (Phi) is 10.7. The van der Waals surface area contributed by atoms with Gasteiger partial charge in [0.1, 0.15) is 5.82 Å². The van der Waals surface area contributed by atoms with E-state index in [9.17, 15) is 4.79 Å². The van der Waals surface area contributed by atoms with Crippen LogP contribution in [0.25, 0.3) is 0 Å². The Bertz CT molecular complexity index is 1170. The van der Waals surface area contributed by atoms with Gasteiger partial charge in [-0.05, 0) is 43.0 Å². The van der Waals surface area contributed by atoms with Gasteiger partial charge in [-0.3, -0.25) is 9.69 Å². The SMILES string of the molecule is CCc1nc(N=C2C=CC(C(=O)Nc3ccccc3)=CC(C)CC2)nc(N2CCN(CCOCCO)CC2)n1. The summed E-state index contributed by atoms with van der Waals surface area (Å²) in [6.45, 7) is 9.43. The summed E-state index contributed by atoms with van der Waals surface area (Å²) in [5.41, 5.74) is 2.22. The molecule has 0 radical (unpaired) electrons. The molecular weight excluding hydrogens is 494 g/mol. The van der Waals surface area contributed by atoms with E-state index in [1.54, 1.807) is 0 Å². The number of amides is 1. The first kappa shape index (κ1) is 28.5. The molecule has 10 heteroatoms. The van der Waals surface area contributed by atoms with Crippen molar-refractivity contribution in [2.24, 2.45) is 10.9 Å². The number of anilines is 2. The molecule has 1 fully saturated rings. The summed E-state index contributed by atoms with van der Waals surface area (Å²) in [6, 6.07) is 9.46. The highest BCUT2D eigenvalue weighted by molar-refractivity contribution is 6.07. The van der Waals surface area contributed by atoms with E-state index in [1.165, 1.54) is 0 Å². The molecular formula is C29H39N7O3. The Hall–Kier alpha value is -3.47. The Labute approximate surface area is 230 Å². The zero-order valence-corrected chi connectivity index (χ0v) is 22.9. The smallest absolute Gasteiger partial charge is 0.255 e. The molecule has 0 bridgehead atoms. The number of para-hydroxylation sites is 1. The van der Waals surface area contributed by atoms with Gasteiger partial charge >= 0.3 is 0 Å². The summed E-state index contributed by atoms with van der Waals surface area (Å²) >= 11 is 0. The lowest BCUT2D eigenvalue weighted by molar-refractivity contribution is -0.112. The number of aliphatic imine (C=N–C) groups is 1. The average Bonchev–Trinajstić information content (AvgIpc) is 2.95. The number of nitrogens with zero attached hydrogens (tertiary/aromatic N) is 6. The van der Waals surface area contributed by atoms with E-state index in [-0.39, 0.29) is 18.4 Å². The van der Waals surface area contributed by atoms with E-state index in [0.29, 0.717) is 42.9 Å². The predicted octanol–water partition coefficient (Wildman–Crippen LogP) is 3.19. The zero-order chi connectivity index (χ0) is 27.5. The van der Waals surface area contributed by atoms with Gasteiger partial charge in [0.05, 0.1) is 19.8 Å². The minimum absolute atomic E-state index is 0.0513. The monoisotopic (exact) mass is 533 g/mol. The summed E-state index contributed by atoms with van der Waals surface area (Å²) in [4.78, 5) is 36.2. The van der Waals surface area contributed by atoms with E-state index < -0.39 is 0 Å². The Balaban J connectivity index is 1.45. The number of ether oxygens (including phenoxy) is 1. The number of aliphatic hydroxyl groups excluding tert-OH is 1. The Morgan fingerprint density at radius 3 is 2.64 bits per heavy atom. The molecule has 10 nitrogen and oxygen atoms in total. The third-order valence-electron chi connectivity index (χ3n) is 6.73. The molecule has 1 unspecified atom stereocenters. The highest BCUT2D eigenvalue weighted by Crippen LogP contribution is 2.21. The number of aromatic nitrogens is 3. The quantitative estimate of drug-likeness (QED) is 0.448. The number of carbonyl (C=O) groups is 1. The number of allylic oxidation sites excluding steroid dienone is 2. The number of piperazine rings is 1. The summed E-state index contributed by atoms with van der Waals surface area (Å²) < 4.78 is 5.40. The van der Waals surface area contributed by atoms with Crippen molar-refractivity contribution in [3.63, 3.8) is 0 Å². The number of carbonyl (C=O) groups excluding carboxylic acids is 1. The topological polar surface area (TPSA) is 116 Å². The summed E-state index contributed by atoms with van der Waals surface area (Å²) in [7, 11) is 0. The maximum Gasteiger partial charge on any atom is 0.255 e. The van der Waals surface area contributed by atoms with Gasteiger partial charge in [0.15, 0.2) is 0 Å². The molecule has 0 saturated carbocycles. The number of aliphatic hydroxyl groups is 1. The van der Waals surface area contributed by atoms with Crippen molar-refractivity contribution >= 4 is 29.2 Å². The average molecular weight is 534 g/mol. The van der Waals surface area contributed by atoms with Crippen LogP contribution >= 0.6 is 0 Å². The molecule has 1 aliphatic heterocycles. The van der Waals surface area contributed by atoms with E-state index in [0.717, 1.165) is 57.0 Å². The predicted molar refractivity (Wildman–Crippen MR) is 154 cm³/mol. The van der Waals surface area contributed by atoms with Crippen molar-refractivity contribution in [2.75, 3.05) is 62.8 Å². The van der Waals surface area contributed by atoms with Gasteiger partial charge in [-0.1, -0.05) is 38.1 Å². The summed E-state index contributed by atoms with van der Waals surface area (Å²) in [5.74, 6) is 1.86. The van der Waals surface area contributed by atoms with Crippen LogP contribution in [0.2, 0.25) is 0 Å². The molecule has 2 N–H and O–H groups in total. The van der Waals surface area contributed by atoms with E-state index in [1.807, 2.05) is 55.5 Å². The number of aryl methyl sites for hydroxylation is 1. The van der Waals surface area contributed by atoms with Crippen LogP contribution in [0.4, 0.5) is 17.6 Å². The fourth-order valence-electron chi connectivity index (χ4n) is 4.46. The first-order valence-corrected chi connectivity index (χ1v) is 13.8. The van der Waals surface area contributed by atoms with Crippen molar-refractivity contribution in [1.82, 2.24) is 19.9 Å². The zero-order valence-electron chi connectivity index (χ0n) is 22.9. The molecule has 1 aromatic heterocycles. The number of nitrogens with one attached hydrogen (secondary N) is 1. The molecule has 1 atom stereocenters. The molecule has 0 spiro atoms. The van der Waals surface area contributed by atoms with Crippen LogP contribution < -0.4 is 10.2 Å². The molecule has 208 valence electrons. The maximum atomic E-state index is 12.9. The Morgan fingerprint density at radius 2 is 1.90 bits per heavy atom. The number of benzene rings is 1. The second-order valence-electron chi connectivity index (χ2n) is 9.76. The van der Waals surface area contributed by atoms with Crippen LogP contribution in [0.3, 0.4) is 0 Å². The van der Waals surface area contributed by atoms with E-state index >= 15 is 0 Å². The van der Waals surface area contributed by atoms with Crippen LogP contribution in [0.15, 0.2) is 59.1 Å². The lowest BCUT2D eigenvalue weighted by atomic mass is 9.96. The van der Waals surface area contributed by atoms with Crippen LogP contribution in [-0.2, 0) is 16.0 Å². The van der Waals surface area contributed by atoms with Gasteiger partial charge in [-0.2, -0.15) is 15.0 Å². The molecule has 1 saturated heterocycles. The molecule has 4 rings (SSSR count). The van der Waals surface area contributed by atoms with Gasteiger partial charge in [0.2, 0.25) is 5.95 Å². The van der Waals surface area contributed by atoms with Gasteiger partial charge in [-0.15, -0.1) is 0 Å². The van der Waals surface area contributed by atoms with Crippen LogP contribution in [0, 0.1) is 5.92 Å². The second kappa shape index (κ2) is 14.6. The molecule has 2 heterocycles. The van der Waals surface area contributed by atoms with Crippen LogP contribution in [0.5, 0.6) is 0 Å². The fourth-order valence-corrected chi connectivity index (χ4v) is 4.46. The van der Waals surface area contributed by atoms with Gasteiger partial charge in [-0.25, -0.2) is 4.99 Å². The molecule has 2 aliphatic rings. The molecule has 1 aliphatic carbocycles. The van der Waals surface area contributed by atoms with Crippen molar-refractivity contribution < 1.29 is 14.6 Å². The molecule has 1 amide bonds. The second-order valence-corrected chi connectivity index (χ2v) is 9.76. The minimum Gasteiger partial charge on any atom is -0.394 e. The first-order valence-electron chi connectivity index (χ1n) is 13.8. The molecule has 39 heavy (non-hydrogen) atoms. The number of rotatable bonds is 10. The van der Waals surface area contributed by atoms with E-state index in [4.69, 9.17) is 19.8 Å². The summed E-state index contributed by atoms with van der Waals surface area (Å²) in [5, 5.41) is 11.8. The van der Waals surface area contributed by atoms with Crippen molar-refractivity contribution in [3.05, 3.63) is 60.0 Å². The van der Waals surface area contributed by atoms with Gasteiger partial charge < -0.3 is 20.1 Å².